The average molecular weight is 301 g/mol. The molecule has 0 aromatic heterocycles. The van der Waals surface area contributed by atoms with Crippen LogP contribution in [0.25, 0.3) is 0 Å². The smallest absolute Gasteiger partial charge is 0.329 e. The van der Waals surface area contributed by atoms with Gasteiger partial charge in [-0.05, 0) is 25.5 Å². The summed E-state index contributed by atoms with van der Waals surface area (Å²) in [5.74, 6) is -1.90. The van der Waals surface area contributed by atoms with Gasteiger partial charge in [0.05, 0.1) is 4.92 Å². The van der Waals surface area contributed by atoms with E-state index in [9.17, 15) is 19.7 Å². The van der Waals surface area contributed by atoms with Crippen LogP contribution in [0, 0.1) is 10.1 Å². The molecule has 108 valence electrons. The van der Waals surface area contributed by atoms with Crippen molar-refractivity contribution >= 4 is 29.2 Å². The Kier molecular flexibility index (Phi) is 4.67. The zero-order valence-electron chi connectivity index (χ0n) is 10.8. The first-order valence-electron chi connectivity index (χ1n) is 5.71. The molecule has 0 aliphatic heterocycles. The first kappa shape index (κ1) is 15.9. The molecule has 20 heavy (non-hydrogen) atoms. The van der Waals surface area contributed by atoms with Gasteiger partial charge >= 0.3 is 5.97 Å². The monoisotopic (exact) mass is 300 g/mol. The van der Waals surface area contributed by atoms with E-state index in [1.54, 1.807) is 6.92 Å². The molecule has 2 N–H and O–H groups in total. The molecule has 1 unspecified atom stereocenters. The van der Waals surface area contributed by atoms with Crippen LogP contribution in [0.3, 0.4) is 0 Å². The first-order valence-corrected chi connectivity index (χ1v) is 6.09. The Morgan fingerprint density at radius 3 is 2.55 bits per heavy atom. The van der Waals surface area contributed by atoms with E-state index < -0.39 is 28.0 Å². The summed E-state index contributed by atoms with van der Waals surface area (Å²) in [6.45, 7) is 2.97. The lowest BCUT2D eigenvalue weighted by Gasteiger charge is -2.24. The number of carboxylic acid groups (broad SMARTS) is 1. The van der Waals surface area contributed by atoms with E-state index in [1.165, 1.54) is 19.1 Å². The molecule has 0 saturated heterocycles. The van der Waals surface area contributed by atoms with Crippen LogP contribution in [0.2, 0.25) is 5.02 Å². The van der Waals surface area contributed by atoms with Gasteiger partial charge in [-0.15, -0.1) is 0 Å². The predicted molar refractivity (Wildman–Crippen MR) is 71.9 cm³/mol. The lowest BCUT2D eigenvalue weighted by Crippen LogP contribution is -2.51. The molecular weight excluding hydrogens is 288 g/mol. The van der Waals surface area contributed by atoms with Gasteiger partial charge in [0.25, 0.3) is 11.6 Å². The van der Waals surface area contributed by atoms with Crippen LogP contribution in [0.15, 0.2) is 18.2 Å². The van der Waals surface area contributed by atoms with Crippen molar-refractivity contribution in [3.8, 4) is 0 Å². The predicted octanol–water partition coefficient (Wildman–Crippen LogP) is 2.23. The number of carbonyl (C=O) groups is 2. The van der Waals surface area contributed by atoms with E-state index in [2.05, 4.69) is 5.32 Å². The summed E-state index contributed by atoms with van der Waals surface area (Å²) in [6, 6.07) is 3.52. The molecule has 0 bridgehead atoms. The minimum Gasteiger partial charge on any atom is -0.480 e. The van der Waals surface area contributed by atoms with E-state index in [0.29, 0.717) is 0 Å². The molecule has 0 saturated carbocycles. The van der Waals surface area contributed by atoms with Gasteiger partial charge < -0.3 is 10.4 Å². The summed E-state index contributed by atoms with van der Waals surface area (Å²) >= 11 is 5.64. The van der Waals surface area contributed by atoms with Crippen molar-refractivity contribution in [1.29, 1.82) is 0 Å². The number of hydrogen-bond acceptors (Lipinski definition) is 4. The Hall–Kier alpha value is -2.15. The molecule has 0 radical (unpaired) electrons. The van der Waals surface area contributed by atoms with Crippen LogP contribution in [0.5, 0.6) is 0 Å². The Morgan fingerprint density at radius 2 is 2.10 bits per heavy atom. The summed E-state index contributed by atoms with van der Waals surface area (Å²) in [7, 11) is 0. The van der Waals surface area contributed by atoms with Gasteiger partial charge in [-0.1, -0.05) is 18.5 Å². The lowest BCUT2D eigenvalue weighted by molar-refractivity contribution is -0.384. The zero-order valence-corrected chi connectivity index (χ0v) is 11.6. The fourth-order valence-corrected chi connectivity index (χ4v) is 1.60. The van der Waals surface area contributed by atoms with Gasteiger partial charge in [-0.25, -0.2) is 4.79 Å². The second-order valence-corrected chi connectivity index (χ2v) is 4.78. The van der Waals surface area contributed by atoms with Gasteiger partial charge in [0.1, 0.15) is 10.6 Å². The molecule has 1 atom stereocenters. The largest absolute Gasteiger partial charge is 0.480 e. The topological polar surface area (TPSA) is 110 Å². The number of aliphatic carboxylic acids is 1. The third kappa shape index (κ3) is 3.24. The van der Waals surface area contributed by atoms with Gasteiger partial charge in [-0.2, -0.15) is 0 Å². The number of rotatable bonds is 5. The number of benzene rings is 1. The van der Waals surface area contributed by atoms with Crippen LogP contribution >= 0.6 is 11.6 Å². The highest BCUT2D eigenvalue weighted by molar-refractivity contribution is 6.32. The number of nitrogens with one attached hydrogen (secondary N) is 1. The van der Waals surface area contributed by atoms with Crippen molar-refractivity contribution < 1.29 is 19.6 Å². The quantitative estimate of drug-likeness (QED) is 0.640. The SMILES string of the molecule is CCC(C)(NC(=O)c1ccc(Cl)c([N+](=O)[O-])c1)C(=O)O. The number of nitro benzene ring substituents is 1. The molecule has 0 aliphatic carbocycles. The van der Waals surface area contributed by atoms with Crippen molar-refractivity contribution in [2.75, 3.05) is 0 Å². The highest BCUT2D eigenvalue weighted by atomic mass is 35.5. The average Bonchev–Trinajstić information content (AvgIpc) is 2.38. The fourth-order valence-electron chi connectivity index (χ4n) is 1.41. The number of hydrogen-bond donors (Lipinski definition) is 2. The number of nitro groups is 1. The van der Waals surface area contributed by atoms with Gasteiger partial charge in [0.2, 0.25) is 0 Å². The molecule has 0 spiro atoms. The summed E-state index contributed by atoms with van der Waals surface area (Å²) in [5, 5.41) is 22.1. The Morgan fingerprint density at radius 1 is 1.50 bits per heavy atom. The van der Waals surface area contributed by atoms with Crippen molar-refractivity contribution in [3.05, 3.63) is 38.9 Å². The fraction of sp³-hybridized carbons (Fsp3) is 0.333. The first-order chi connectivity index (χ1) is 9.21. The number of nitrogens with zero attached hydrogens (tertiary/aromatic N) is 1. The third-order valence-electron chi connectivity index (χ3n) is 2.97. The zero-order chi connectivity index (χ0) is 15.5. The van der Waals surface area contributed by atoms with Gasteiger partial charge in [-0.3, -0.25) is 14.9 Å². The molecule has 0 heterocycles. The molecule has 1 aromatic rings. The van der Waals surface area contributed by atoms with Crippen LogP contribution in [0.1, 0.15) is 30.6 Å². The van der Waals surface area contributed by atoms with Crippen molar-refractivity contribution in [2.45, 2.75) is 25.8 Å². The number of amides is 1. The van der Waals surface area contributed by atoms with E-state index in [1.807, 2.05) is 0 Å². The molecule has 7 nitrogen and oxygen atoms in total. The number of carboxylic acids is 1. The Bertz CT molecular complexity index is 575. The molecule has 0 fully saturated rings. The third-order valence-corrected chi connectivity index (χ3v) is 3.29. The second kappa shape index (κ2) is 5.87. The Balaban J connectivity index is 3.07. The van der Waals surface area contributed by atoms with Crippen molar-refractivity contribution in [2.24, 2.45) is 0 Å². The molecular formula is C12H13ClN2O5. The standard InChI is InChI=1S/C12H13ClN2O5/c1-3-12(2,11(17)18)14-10(16)7-4-5-8(13)9(6-7)15(19)20/h4-6H,3H2,1-2H3,(H,14,16)(H,17,18). The maximum absolute atomic E-state index is 12.0. The highest BCUT2D eigenvalue weighted by Crippen LogP contribution is 2.25. The molecule has 1 aromatic carbocycles. The van der Waals surface area contributed by atoms with E-state index in [-0.39, 0.29) is 17.0 Å². The van der Waals surface area contributed by atoms with E-state index in [4.69, 9.17) is 16.7 Å². The van der Waals surface area contributed by atoms with Crippen LogP contribution < -0.4 is 5.32 Å². The van der Waals surface area contributed by atoms with Crippen molar-refractivity contribution in [3.63, 3.8) is 0 Å². The van der Waals surface area contributed by atoms with Gasteiger partial charge in [0.15, 0.2) is 0 Å². The minimum atomic E-state index is -1.44. The molecule has 8 heteroatoms. The van der Waals surface area contributed by atoms with Crippen LogP contribution in [-0.4, -0.2) is 27.4 Å². The van der Waals surface area contributed by atoms with E-state index in [0.717, 1.165) is 6.07 Å². The summed E-state index contributed by atoms with van der Waals surface area (Å²) in [4.78, 5) is 33.1. The second-order valence-electron chi connectivity index (χ2n) is 4.37. The van der Waals surface area contributed by atoms with Crippen LogP contribution in [-0.2, 0) is 4.79 Å². The Labute approximate surface area is 119 Å². The summed E-state index contributed by atoms with van der Waals surface area (Å²) in [6.07, 6.45) is 0.170. The minimum absolute atomic E-state index is 0.0259. The molecule has 1 rings (SSSR count). The summed E-state index contributed by atoms with van der Waals surface area (Å²) < 4.78 is 0. The van der Waals surface area contributed by atoms with Crippen molar-refractivity contribution in [1.82, 2.24) is 5.32 Å². The number of carbonyl (C=O) groups excluding carboxylic acids is 1. The lowest BCUT2D eigenvalue weighted by atomic mass is 9.98. The number of halogens is 1. The van der Waals surface area contributed by atoms with E-state index >= 15 is 0 Å². The van der Waals surface area contributed by atoms with Crippen LogP contribution in [0.4, 0.5) is 5.69 Å². The maximum Gasteiger partial charge on any atom is 0.329 e. The molecule has 1 amide bonds. The highest BCUT2D eigenvalue weighted by Gasteiger charge is 2.33. The molecule has 0 aliphatic rings. The van der Waals surface area contributed by atoms with Gasteiger partial charge in [0, 0.05) is 11.6 Å². The maximum atomic E-state index is 12.0. The normalized spacial score (nSPS) is 13.3. The summed E-state index contributed by atoms with van der Waals surface area (Å²) in [5.41, 5.74) is -1.87.